The molecule has 2 N–H and O–H groups in total. The van der Waals surface area contributed by atoms with Crippen LogP contribution in [0.5, 0.6) is 11.5 Å². The molecule has 1 rings (SSSR count). The van der Waals surface area contributed by atoms with Gasteiger partial charge in [0.05, 0.1) is 25.9 Å². The van der Waals surface area contributed by atoms with Gasteiger partial charge >= 0.3 is 0 Å². The average Bonchev–Trinajstić information content (AvgIpc) is 2.43. The van der Waals surface area contributed by atoms with Gasteiger partial charge in [-0.3, -0.25) is 0 Å². The van der Waals surface area contributed by atoms with E-state index >= 15 is 0 Å². The van der Waals surface area contributed by atoms with Crippen molar-refractivity contribution in [1.29, 1.82) is 0 Å². The highest BCUT2D eigenvalue weighted by molar-refractivity contribution is 5.46. The summed E-state index contributed by atoms with van der Waals surface area (Å²) in [4.78, 5) is 0. The summed E-state index contributed by atoms with van der Waals surface area (Å²) in [6, 6.07) is 5.32. The van der Waals surface area contributed by atoms with Gasteiger partial charge in [0, 0.05) is 5.56 Å². The summed E-state index contributed by atoms with van der Waals surface area (Å²) in [6.45, 7) is 6.34. The third kappa shape index (κ3) is 5.36. The summed E-state index contributed by atoms with van der Waals surface area (Å²) in [6.07, 6.45) is -0.660. The predicted octanol–water partition coefficient (Wildman–Crippen LogP) is 1.74. The van der Waals surface area contributed by atoms with Crippen LogP contribution in [0.1, 0.15) is 26.3 Å². The van der Waals surface area contributed by atoms with E-state index in [0.29, 0.717) is 23.7 Å². The molecule has 1 unspecified atom stereocenters. The molecule has 1 atom stereocenters. The number of aliphatic hydroxyl groups is 2. The molecule has 5 nitrogen and oxygen atoms in total. The van der Waals surface area contributed by atoms with Crippen molar-refractivity contribution in [3.05, 3.63) is 23.8 Å². The van der Waals surface area contributed by atoms with E-state index in [1.807, 2.05) is 20.8 Å². The third-order valence-electron chi connectivity index (χ3n) is 2.57. The lowest BCUT2D eigenvalue weighted by molar-refractivity contribution is -0.0129. The second-order valence-corrected chi connectivity index (χ2v) is 4.68. The van der Waals surface area contributed by atoms with Crippen LogP contribution in [-0.2, 0) is 11.3 Å². The van der Waals surface area contributed by atoms with Crippen LogP contribution in [0.15, 0.2) is 18.2 Å². The summed E-state index contributed by atoms with van der Waals surface area (Å²) in [7, 11) is 0. The Kier molecular flexibility index (Phi) is 7.36. The molecule has 0 aliphatic carbocycles. The number of hydrogen-bond acceptors (Lipinski definition) is 5. The van der Waals surface area contributed by atoms with Crippen molar-refractivity contribution in [3.63, 3.8) is 0 Å². The van der Waals surface area contributed by atoms with Gasteiger partial charge in [0.1, 0.15) is 12.7 Å². The highest BCUT2D eigenvalue weighted by Crippen LogP contribution is 2.31. The summed E-state index contributed by atoms with van der Waals surface area (Å²) in [5, 5.41) is 19.1. The minimum absolute atomic E-state index is 0.0633. The van der Waals surface area contributed by atoms with Gasteiger partial charge in [-0.2, -0.15) is 0 Å². The van der Waals surface area contributed by atoms with Crippen LogP contribution in [0.2, 0.25) is 0 Å². The second kappa shape index (κ2) is 8.79. The van der Waals surface area contributed by atoms with Crippen molar-refractivity contribution in [2.45, 2.75) is 39.6 Å². The maximum Gasteiger partial charge on any atom is 0.166 e. The lowest BCUT2D eigenvalue weighted by Crippen LogP contribution is -2.25. The third-order valence-corrected chi connectivity index (χ3v) is 2.57. The normalized spacial score (nSPS) is 12.5. The molecule has 0 amide bonds. The molecule has 0 heterocycles. The zero-order valence-electron chi connectivity index (χ0n) is 12.3. The Hall–Kier alpha value is -1.30. The summed E-state index contributed by atoms with van der Waals surface area (Å²) in [5.41, 5.74) is 0.632. The van der Waals surface area contributed by atoms with Crippen molar-refractivity contribution in [2.75, 3.05) is 19.8 Å². The highest BCUT2D eigenvalue weighted by atomic mass is 16.5. The van der Waals surface area contributed by atoms with Crippen LogP contribution < -0.4 is 9.47 Å². The fraction of sp³-hybridized carbons (Fsp3) is 0.600. The zero-order chi connectivity index (χ0) is 15.0. The van der Waals surface area contributed by atoms with Crippen LogP contribution >= 0.6 is 0 Å². The van der Waals surface area contributed by atoms with E-state index in [-0.39, 0.29) is 25.9 Å². The molecule has 0 fully saturated rings. The van der Waals surface area contributed by atoms with Crippen molar-refractivity contribution < 1.29 is 24.4 Å². The molecule has 20 heavy (non-hydrogen) atoms. The quantitative estimate of drug-likeness (QED) is 0.723. The molecule has 5 heteroatoms. The molecule has 0 aromatic heterocycles. The summed E-state index contributed by atoms with van der Waals surface area (Å²) >= 11 is 0. The van der Waals surface area contributed by atoms with E-state index in [0.717, 1.165) is 0 Å². The van der Waals surface area contributed by atoms with E-state index in [1.54, 1.807) is 18.2 Å². The van der Waals surface area contributed by atoms with E-state index < -0.39 is 6.10 Å². The minimum atomic E-state index is -0.723. The minimum Gasteiger partial charge on any atom is -0.490 e. The van der Waals surface area contributed by atoms with Gasteiger partial charge in [-0.15, -0.1) is 0 Å². The lowest BCUT2D eigenvalue weighted by Gasteiger charge is -2.18. The van der Waals surface area contributed by atoms with Gasteiger partial charge in [0.25, 0.3) is 0 Å². The zero-order valence-corrected chi connectivity index (χ0v) is 12.3. The van der Waals surface area contributed by atoms with Gasteiger partial charge in [-0.1, -0.05) is 12.1 Å². The number of ether oxygens (including phenoxy) is 3. The first-order chi connectivity index (χ1) is 9.58. The maximum absolute atomic E-state index is 9.79. The van der Waals surface area contributed by atoms with Crippen molar-refractivity contribution >= 4 is 0 Å². The SMILES string of the molecule is CCOc1cccc(CO)c1OCC(O)COC(C)C. The Labute approximate surface area is 120 Å². The van der Waals surface area contributed by atoms with E-state index in [2.05, 4.69) is 0 Å². The molecule has 0 bridgehead atoms. The van der Waals surface area contributed by atoms with Crippen LogP contribution in [0, 0.1) is 0 Å². The topological polar surface area (TPSA) is 68.2 Å². The Morgan fingerprint density at radius 2 is 1.90 bits per heavy atom. The van der Waals surface area contributed by atoms with Crippen LogP contribution in [-0.4, -0.2) is 42.2 Å². The Balaban J connectivity index is 2.65. The molecule has 1 aromatic rings. The number of benzene rings is 1. The molecule has 0 aliphatic rings. The van der Waals surface area contributed by atoms with Gasteiger partial charge in [-0.25, -0.2) is 0 Å². The lowest BCUT2D eigenvalue weighted by atomic mass is 10.2. The summed E-state index contributed by atoms with van der Waals surface area (Å²) in [5.74, 6) is 1.04. The van der Waals surface area contributed by atoms with Crippen molar-refractivity contribution in [1.82, 2.24) is 0 Å². The van der Waals surface area contributed by atoms with Crippen LogP contribution in [0.4, 0.5) is 0 Å². The molecule has 1 aromatic carbocycles. The number of aliphatic hydroxyl groups excluding tert-OH is 2. The second-order valence-electron chi connectivity index (χ2n) is 4.68. The van der Waals surface area contributed by atoms with E-state index in [9.17, 15) is 10.2 Å². The smallest absolute Gasteiger partial charge is 0.166 e. The molecule has 0 saturated heterocycles. The monoisotopic (exact) mass is 284 g/mol. The van der Waals surface area contributed by atoms with Gasteiger partial charge in [0.2, 0.25) is 0 Å². The van der Waals surface area contributed by atoms with Crippen LogP contribution in [0.3, 0.4) is 0 Å². The first-order valence-corrected chi connectivity index (χ1v) is 6.86. The van der Waals surface area contributed by atoms with Crippen LogP contribution in [0.25, 0.3) is 0 Å². The molecule has 0 aliphatic heterocycles. The molecule has 0 radical (unpaired) electrons. The van der Waals surface area contributed by atoms with Gasteiger partial charge in [0.15, 0.2) is 11.5 Å². The van der Waals surface area contributed by atoms with E-state index in [1.165, 1.54) is 0 Å². The fourth-order valence-corrected chi connectivity index (χ4v) is 1.65. The molecule has 114 valence electrons. The molecule has 0 saturated carbocycles. The molecular weight excluding hydrogens is 260 g/mol. The Morgan fingerprint density at radius 1 is 1.15 bits per heavy atom. The number of rotatable bonds is 9. The first kappa shape index (κ1) is 16.8. The van der Waals surface area contributed by atoms with Gasteiger partial charge in [-0.05, 0) is 26.8 Å². The average molecular weight is 284 g/mol. The van der Waals surface area contributed by atoms with Crippen molar-refractivity contribution in [2.24, 2.45) is 0 Å². The Bertz CT molecular complexity index is 392. The van der Waals surface area contributed by atoms with E-state index in [4.69, 9.17) is 14.2 Å². The van der Waals surface area contributed by atoms with Gasteiger partial charge < -0.3 is 24.4 Å². The first-order valence-electron chi connectivity index (χ1n) is 6.86. The maximum atomic E-state index is 9.79. The highest BCUT2D eigenvalue weighted by Gasteiger charge is 2.13. The molecule has 0 spiro atoms. The number of hydrogen-bond donors (Lipinski definition) is 2. The predicted molar refractivity (Wildman–Crippen MR) is 76.1 cm³/mol. The standard InChI is InChI=1S/C15H24O5/c1-4-18-14-7-5-6-12(8-16)15(14)20-10-13(17)9-19-11(2)3/h5-7,11,13,16-17H,4,8-10H2,1-3H3. The van der Waals surface area contributed by atoms with Crippen molar-refractivity contribution in [3.8, 4) is 11.5 Å². The summed E-state index contributed by atoms with van der Waals surface area (Å²) < 4.78 is 16.4. The fourth-order valence-electron chi connectivity index (χ4n) is 1.65. The largest absolute Gasteiger partial charge is 0.490 e. The molecular formula is C15H24O5. The number of para-hydroxylation sites is 1. The Morgan fingerprint density at radius 3 is 2.50 bits per heavy atom.